The molecule has 1 N–H and O–H groups in total. The van der Waals surface area contributed by atoms with Crippen LogP contribution in [0.5, 0.6) is 0 Å². The van der Waals surface area contributed by atoms with Gasteiger partial charge in [-0.15, -0.1) is 11.3 Å². The minimum Gasteiger partial charge on any atom is -0.315 e. The van der Waals surface area contributed by atoms with Gasteiger partial charge in [0.1, 0.15) is 0 Å². The van der Waals surface area contributed by atoms with E-state index in [4.69, 9.17) is 23.2 Å². The second-order valence-corrected chi connectivity index (χ2v) is 8.07. The normalized spacial score (nSPS) is 17.5. The van der Waals surface area contributed by atoms with Gasteiger partial charge in [0.2, 0.25) is 0 Å². The Labute approximate surface area is 162 Å². The van der Waals surface area contributed by atoms with Crippen LogP contribution in [0, 0.1) is 0 Å². The van der Waals surface area contributed by atoms with Crippen LogP contribution in [0.2, 0.25) is 10.0 Å². The number of fused-ring (bicyclic) bond motifs is 1. The van der Waals surface area contributed by atoms with E-state index >= 15 is 0 Å². The molecule has 2 nitrogen and oxygen atoms in total. The summed E-state index contributed by atoms with van der Waals surface area (Å²) in [5, 5.41) is 8.38. The summed E-state index contributed by atoms with van der Waals surface area (Å²) in [4.78, 5) is 2.53. The maximum atomic E-state index is 6.65. The molecule has 4 rings (SSSR count). The topological polar surface area (TPSA) is 15.3 Å². The molecule has 0 bridgehead atoms. The third-order valence-corrected chi connectivity index (χ3v) is 6.64. The second-order valence-electron chi connectivity index (χ2n) is 6.37. The molecule has 1 unspecified atom stereocenters. The molecule has 1 fully saturated rings. The lowest BCUT2D eigenvalue weighted by Gasteiger charge is -2.31. The highest BCUT2D eigenvalue weighted by Gasteiger charge is 2.27. The Hall–Kier alpha value is -1.10. The van der Waals surface area contributed by atoms with Crippen LogP contribution >= 0.6 is 34.5 Å². The van der Waals surface area contributed by atoms with E-state index in [0.717, 1.165) is 38.2 Å². The van der Waals surface area contributed by atoms with Crippen LogP contribution in [0.25, 0.3) is 10.1 Å². The van der Waals surface area contributed by atoms with Gasteiger partial charge in [0.25, 0.3) is 0 Å². The van der Waals surface area contributed by atoms with Crippen LogP contribution in [-0.4, -0.2) is 31.1 Å². The largest absolute Gasteiger partial charge is 0.315 e. The van der Waals surface area contributed by atoms with Crippen molar-refractivity contribution in [2.24, 2.45) is 0 Å². The SMILES string of the molecule is Clc1cccc(C(c2csc3ccccc23)N2CCCNCC2)c1Cl. The van der Waals surface area contributed by atoms with Crippen molar-refractivity contribution < 1.29 is 0 Å². The van der Waals surface area contributed by atoms with Crippen molar-refractivity contribution in [3.63, 3.8) is 0 Å². The second kappa shape index (κ2) is 7.65. The zero-order valence-electron chi connectivity index (χ0n) is 13.8. The number of nitrogens with one attached hydrogen (secondary N) is 1. The Balaban J connectivity index is 1.87. The van der Waals surface area contributed by atoms with Crippen molar-refractivity contribution >= 4 is 44.6 Å². The van der Waals surface area contributed by atoms with Crippen LogP contribution in [0.15, 0.2) is 47.8 Å². The summed E-state index contributed by atoms with van der Waals surface area (Å²) in [6.45, 7) is 4.11. The molecule has 0 radical (unpaired) electrons. The minimum atomic E-state index is 0.127. The average molecular weight is 391 g/mol. The lowest BCUT2D eigenvalue weighted by atomic mass is 9.96. The number of hydrogen-bond acceptors (Lipinski definition) is 3. The quantitative estimate of drug-likeness (QED) is 0.626. The molecular formula is C20H20Cl2N2S. The fraction of sp³-hybridized carbons (Fsp3) is 0.300. The highest BCUT2D eigenvalue weighted by molar-refractivity contribution is 7.17. The van der Waals surface area contributed by atoms with Crippen molar-refractivity contribution in [3.05, 3.63) is 69.0 Å². The molecule has 1 aliphatic heterocycles. The van der Waals surface area contributed by atoms with E-state index in [9.17, 15) is 0 Å². The van der Waals surface area contributed by atoms with Crippen LogP contribution in [0.1, 0.15) is 23.6 Å². The van der Waals surface area contributed by atoms with E-state index in [1.807, 2.05) is 12.1 Å². The summed E-state index contributed by atoms with van der Waals surface area (Å²) >= 11 is 14.8. The minimum absolute atomic E-state index is 0.127. The molecule has 0 amide bonds. The Morgan fingerprint density at radius 3 is 2.76 bits per heavy atom. The van der Waals surface area contributed by atoms with Gasteiger partial charge < -0.3 is 5.32 Å². The van der Waals surface area contributed by atoms with Crippen molar-refractivity contribution in [2.75, 3.05) is 26.2 Å². The fourth-order valence-corrected chi connectivity index (χ4v) is 5.02. The number of benzene rings is 2. The first kappa shape index (κ1) is 17.3. The van der Waals surface area contributed by atoms with Crippen LogP contribution in [0.4, 0.5) is 0 Å². The van der Waals surface area contributed by atoms with Crippen LogP contribution < -0.4 is 5.32 Å². The smallest absolute Gasteiger partial charge is 0.0643 e. The van der Waals surface area contributed by atoms with E-state index < -0.39 is 0 Å². The first-order valence-corrected chi connectivity index (χ1v) is 10.2. The maximum Gasteiger partial charge on any atom is 0.0643 e. The summed E-state index contributed by atoms with van der Waals surface area (Å²) in [5.74, 6) is 0. The first-order valence-electron chi connectivity index (χ1n) is 8.60. The molecule has 3 aromatic rings. The Bertz CT molecular complexity index is 869. The molecule has 1 aliphatic rings. The fourth-order valence-electron chi connectivity index (χ4n) is 3.63. The summed E-state index contributed by atoms with van der Waals surface area (Å²) in [5.41, 5.74) is 2.42. The standard InChI is InChI=1S/C20H20Cl2N2S/c21-17-7-3-6-15(19(17)22)20(24-11-4-9-23-10-12-24)16-13-25-18-8-2-1-5-14(16)18/h1-3,5-8,13,20,23H,4,9-12H2. The van der Waals surface area contributed by atoms with Gasteiger partial charge >= 0.3 is 0 Å². The van der Waals surface area contributed by atoms with Crippen molar-refractivity contribution in [3.8, 4) is 0 Å². The molecule has 2 heterocycles. The summed E-state index contributed by atoms with van der Waals surface area (Å²) < 4.78 is 1.31. The third-order valence-electron chi connectivity index (χ3n) is 4.82. The van der Waals surface area contributed by atoms with E-state index in [-0.39, 0.29) is 6.04 Å². The molecule has 130 valence electrons. The monoisotopic (exact) mass is 390 g/mol. The number of halogens is 2. The third kappa shape index (κ3) is 3.44. The molecule has 0 saturated carbocycles. The van der Waals surface area contributed by atoms with Gasteiger partial charge in [-0.05, 0) is 47.0 Å². The van der Waals surface area contributed by atoms with E-state index in [0.29, 0.717) is 10.0 Å². The van der Waals surface area contributed by atoms with Crippen LogP contribution in [0.3, 0.4) is 0 Å². The summed E-state index contributed by atoms with van der Waals surface area (Å²) in [6.07, 6.45) is 1.14. The Morgan fingerprint density at radius 1 is 0.960 bits per heavy atom. The Kier molecular flexibility index (Phi) is 5.30. The predicted octanol–water partition coefficient (Wildman–Crippen LogP) is 5.59. The summed E-state index contributed by atoms with van der Waals surface area (Å²) in [7, 11) is 0. The molecule has 5 heteroatoms. The maximum absolute atomic E-state index is 6.65. The average Bonchev–Trinajstić information content (AvgIpc) is 2.86. The zero-order valence-corrected chi connectivity index (χ0v) is 16.2. The molecule has 0 spiro atoms. The highest BCUT2D eigenvalue weighted by atomic mass is 35.5. The molecule has 1 saturated heterocycles. The molecule has 0 aliphatic carbocycles. The number of hydrogen-bond donors (Lipinski definition) is 1. The highest BCUT2D eigenvalue weighted by Crippen LogP contribution is 2.41. The van der Waals surface area contributed by atoms with Gasteiger partial charge in [-0.2, -0.15) is 0 Å². The molecule has 1 aromatic heterocycles. The van der Waals surface area contributed by atoms with Gasteiger partial charge in [-0.1, -0.05) is 53.5 Å². The van der Waals surface area contributed by atoms with Gasteiger partial charge in [0.15, 0.2) is 0 Å². The van der Waals surface area contributed by atoms with E-state index in [1.165, 1.54) is 15.6 Å². The summed E-state index contributed by atoms with van der Waals surface area (Å²) in [6, 6.07) is 14.7. The number of thiophene rings is 1. The van der Waals surface area contributed by atoms with Gasteiger partial charge in [-0.25, -0.2) is 0 Å². The molecule has 1 atom stereocenters. The predicted molar refractivity (Wildman–Crippen MR) is 109 cm³/mol. The van der Waals surface area contributed by atoms with Gasteiger partial charge in [0.05, 0.1) is 16.1 Å². The lowest BCUT2D eigenvalue weighted by molar-refractivity contribution is 0.242. The molecule has 2 aromatic carbocycles. The zero-order chi connectivity index (χ0) is 17.2. The number of nitrogens with zero attached hydrogens (tertiary/aromatic N) is 1. The van der Waals surface area contributed by atoms with Gasteiger partial charge in [-0.3, -0.25) is 4.90 Å². The number of rotatable bonds is 3. The van der Waals surface area contributed by atoms with Crippen molar-refractivity contribution in [1.29, 1.82) is 0 Å². The first-order chi connectivity index (χ1) is 12.3. The molecule has 25 heavy (non-hydrogen) atoms. The van der Waals surface area contributed by atoms with Crippen molar-refractivity contribution in [2.45, 2.75) is 12.5 Å². The molecular weight excluding hydrogens is 371 g/mol. The Morgan fingerprint density at radius 2 is 1.84 bits per heavy atom. The van der Waals surface area contributed by atoms with Crippen molar-refractivity contribution in [1.82, 2.24) is 10.2 Å². The lowest BCUT2D eigenvalue weighted by Crippen LogP contribution is -2.33. The van der Waals surface area contributed by atoms with E-state index in [1.54, 1.807) is 11.3 Å². The van der Waals surface area contributed by atoms with E-state index in [2.05, 4.69) is 45.9 Å². The van der Waals surface area contributed by atoms with Crippen LogP contribution in [-0.2, 0) is 0 Å². The van der Waals surface area contributed by atoms with Gasteiger partial charge in [0, 0.05) is 24.3 Å².